The summed E-state index contributed by atoms with van der Waals surface area (Å²) in [7, 11) is -2.37. The third kappa shape index (κ3) is 9.57. The van der Waals surface area contributed by atoms with Gasteiger partial charge in [-0.2, -0.15) is 4.31 Å². The molecule has 0 bridgehead atoms. The minimum Gasteiger partial charge on any atom is -0.497 e. The molecule has 0 aliphatic heterocycles. The largest absolute Gasteiger partial charge is 0.497 e. The van der Waals surface area contributed by atoms with E-state index in [1.165, 1.54) is 23.5 Å². The van der Waals surface area contributed by atoms with Gasteiger partial charge < -0.3 is 20.9 Å². The predicted molar refractivity (Wildman–Crippen MR) is 149 cm³/mol. The van der Waals surface area contributed by atoms with Gasteiger partial charge in [0.1, 0.15) is 5.75 Å². The van der Waals surface area contributed by atoms with Gasteiger partial charge >= 0.3 is 0 Å². The van der Waals surface area contributed by atoms with Gasteiger partial charge in [-0.05, 0) is 48.6 Å². The van der Waals surface area contributed by atoms with Crippen LogP contribution in [0.5, 0.6) is 5.75 Å². The summed E-state index contributed by atoms with van der Waals surface area (Å²) in [4.78, 5) is 13.0. The van der Waals surface area contributed by atoms with Gasteiger partial charge in [-0.3, -0.25) is 4.79 Å². The molecule has 0 spiro atoms. The van der Waals surface area contributed by atoms with E-state index in [0.29, 0.717) is 18.6 Å². The maximum absolute atomic E-state index is 13.5. The number of benzene rings is 2. The fraction of sp³-hybridized carbons (Fsp3) is 0.519. The second kappa shape index (κ2) is 15.9. The van der Waals surface area contributed by atoms with Crippen molar-refractivity contribution in [1.29, 1.82) is 0 Å². The van der Waals surface area contributed by atoms with Gasteiger partial charge in [-0.1, -0.05) is 63.9 Å². The van der Waals surface area contributed by atoms with Crippen LogP contribution in [-0.4, -0.2) is 62.1 Å². The second-order valence-corrected chi connectivity index (χ2v) is 11.1. The molecule has 1 amide bonds. The molecule has 10 heteroatoms. The third-order valence-electron chi connectivity index (χ3n) is 6.50. The Morgan fingerprint density at radius 3 is 2.27 bits per heavy atom. The van der Waals surface area contributed by atoms with E-state index in [1.807, 2.05) is 51.1 Å². The quantitative estimate of drug-likeness (QED) is 0.310. The number of hydrogen-bond acceptors (Lipinski definition) is 6. The Bertz CT molecular complexity index is 1040. The van der Waals surface area contributed by atoms with Crippen molar-refractivity contribution in [3.8, 4) is 5.75 Å². The van der Waals surface area contributed by atoms with Crippen molar-refractivity contribution in [2.45, 2.75) is 69.5 Å². The first-order valence-corrected chi connectivity index (χ1v) is 14.0. The molecular weight excluding hydrogens is 514 g/mol. The average Bonchev–Trinajstić information content (AvgIpc) is 2.89. The van der Waals surface area contributed by atoms with Crippen molar-refractivity contribution in [1.82, 2.24) is 9.62 Å². The number of nitrogens with zero attached hydrogens (tertiary/aromatic N) is 1. The normalized spacial score (nSPS) is 14.8. The lowest BCUT2D eigenvalue weighted by Gasteiger charge is -2.31. The molecule has 0 aliphatic carbocycles. The highest BCUT2D eigenvalue weighted by Crippen LogP contribution is 2.21. The van der Waals surface area contributed by atoms with Crippen LogP contribution < -0.4 is 15.8 Å². The molecule has 0 radical (unpaired) electrons. The third-order valence-corrected chi connectivity index (χ3v) is 8.38. The molecule has 2 rings (SSSR count). The number of halogens is 1. The predicted octanol–water partition coefficient (Wildman–Crippen LogP) is 3.37. The van der Waals surface area contributed by atoms with E-state index in [1.54, 1.807) is 12.1 Å². The molecule has 0 fully saturated rings. The number of rotatable bonds is 15. The first-order valence-electron chi connectivity index (χ1n) is 12.6. The minimum absolute atomic E-state index is 0. The maximum atomic E-state index is 13.5. The van der Waals surface area contributed by atoms with E-state index in [-0.39, 0.29) is 42.2 Å². The van der Waals surface area contributed by atoms with Gasteiger partial charge in [-0.15, -0.1) is 12.4 Å². The van der Waals surface area contributed by atoms with Crippen LogP contribution in [0.4, 0.5) is 0 Å². The number of sulfonamides is 1. The van der Waals surface area contributed by atoms with E-state index < -0.39 is 28.2 Å². The van der Waals surface area contributed by atoms with Crippen LogP contribution in [0.3, 0.4) is 0 Å². The van der Waals surface area contributed by atoms with Crippen LogP contribution in [0.25, 0.3) is 0 Å². The number of aliphatic hydroxyl groups excluding tert-OH is 1. The molecule has 0 unspecified atom stereocenters. The fourth-order valence-electron chi connectivity index (χ4n) is 3.82. The Morgan fingerprint density at radius 2 is 1.73 bits per heavy atom. The highest BCUT2D eigenvalue weighted by atomic mass is 35.5. The molecule has 37 heavy (non-hydrogen) atoms. The number of aliphatic hydroxyl groups is 1. The van der Waals surface area contributed by atoms with Crippen molar-refractivity contribution in [2.75, 3.05) is 20.2 Å². The molecule has 2 aromatic carbocycles. The minimum atomic E-state index is -3.88. The van der Waals surface area contributed by atoms with E-state index in [9.17, 15) is 18.3 Å². The first-order chi connectivity index (χ1) is 17.1. The monoisotopic (exact) mass is 555 g/mol. The van der Waals surface area contributed by atoms with Crippen LogP contribution >= 0.6 is 12.4 Å². The smallest absolute Gasteiger partial charge is 0.243 e. The molecule has 208 valence electrons. The van der Waals surface area contributed by atoms with E-state index in [0.717, 1.165) is 18.4 Å². The standard InChI is InChI=1S/C27H41N3O5S.ClH/c1-5-7-17-30(36(33,34)23-15-13-22(35-4)14-16-23)19-25(31)24(18-21-11-9-8-10-12-21)29-27(32)26(28)20(3)6-2;/h8-16,20,24-26,31H,5-7,17-19,28H2,1-4H3,(H,29,32);1H/t20-,24-,25+,26-;/m0./s1. The van der Waals surface area contributed by atoms with E-state index in [4.69, 9.17) is 10.5 Å². The molecule has 8 nitrogen and oxygen atoms in total. The molecular formula is C27H42ClN3O5S. The molecule has 0 saturated heterocycles. The van der Waals surface area contributed by atoms with Gasteiger partial charge in [0.05, 0.1) is 30.2 Å². The van der Waals surface area contributed by atoms with Crippen molar-refractivity contribution in [2.24, 2.45) is 11.7 Å². The zero-order valence-electron chi connectivity index (χ0n) is 22.2. The fourth-order valence-corrected chi connectivity index (χ4v) is 5.32. The van der Waals surface area contributed by atoms with Gasteiger partial charge in [-0.25, -0.2) is 8.42 Å². The molecule has 4 N–H and O–H groups in total. The van der Waals surface area contributed by atoms with Crippen LogP contribution in [-0.2, 0) is 21.2 Å². The lowest BCUT2D eigenvalue weighted by molar-refractivity contribution is -0.125. The molecule has 0 heterocycles. The number of carbonyl (C=O) groups is 1. The lowest BCUT2D eigenvalue weighted by Crippen LogP contribution is -2.55. The summed E-state index contributed by atoms with van der Waals surface area (Å²) in [5.41, 5.74) is 7.05. The second-order valence-electron chi connectivity index (χ2n) is 9.18. The van der Waals surface area contributed by atoms with E-state index in [2.05, 4.69) is 5.32 Å². The summed E-state index contributed by atoms with van der Waals surface area (Å²) in [5.74, 6) is 0.163. The van der Waals surface area contributed by atoms with Gasteiger partial charge in [0, 0.05) is 13.1 Å². The summed E-state index contributed by atoms with van der Waals surface area (Å²) in [5, 5.41) is 14.2. The number of nitrogens with one attached hydrogen (secondary N) is 1. The zero-order valence-corrected chi connectivity index (χ0v) is 23.8. The molecule has 0 aromatic heterocycles. The van der Waals surface area contributed by atoms with Gasteiger partial charge in [0.2, 0.25) is 15.9 Å². The Labute approximate surface area is 228 Å². The van der Waals surface area contributed by atoms with Crippen LogP contribution in [0.2, 0.25) is 0 Å². The number of carbonyl (C=O) groups excluding carboxylic acids is 1. The Balaban J connectivity index is 0.00000684. The number of amides is 1. The molecule has 0 aliphatic rings. The summed E-state index contributed by atoms with van der Waals surface area (Å²) in [6.45, 7) is 5.93. The number of methoxy groups -OCH3 is 1. The van der Waals surface area contributed by atoms with E-state index >= 15 is 0 Å². The highest BCUT2D eigenvalue weighted by Gasteiger charge is 2.32. The van der Waals surface area contributed by atoms with Crippen molar-refractivity contribution in [3.05, 3.63) is 60.2 Å². The Kier molecular flexibility index (Phi) is 14.2. The Hall–Kier alpha value is -2.17. The number of unbranched alkanes of at least 4 members (excludes halogenated alkanes) is 1. The number of ether oxygens (including phenoxy) is 1. The highest BCUT2D eigenvalue weighted by molar-refractivity contribution is 7.89. The SMILES string of the molecule is CCCCN(C[C@@H](O)[C@H](Cc1ccccc1)NC(=O)[C@@H](N)[C@@H](C)CC)S(=O)(=O)c1ccc(OC)cc1.Cl. The molecule has 0 saturated carbocycles. The first kappa shape index (κ1) is 32.9. The van der Waals surface area contributed by atoms with Crippen LogP contribution in [0, 0.1) is 5.92 Å². The number of nitrogens with two attached hydrogens (primary N) is 1. The molecule has 2 aromatic rings. The number of hydrogen-bond donors (Lipinski definition) is 3. The maximum Gasteiger partial charge on any atom is 0.243 e. The zero-order chi connectivity index (χ0) is 26.7. The Morgan fingerprint density at radius 1 is 1.11 bits per heavy atom. The average molecular weight is 556 g/mol. The summed E-state index contributed by atoms with van der Waals surface area (Å²) in [6.07, 6.45) is 1.36. The topological polar surface area (TPSA) is 122 Å². The summed E-state index contributed by atoms with van der Waals surface area (Å²) >= 11 is 0. The summed E-state index contributed by atoms with van der Waals surface area (Å²) in [6, 6.07) is 14.2. The van der Waals surface area contributed by atoms with Crippen molar-refractivity contribution < 1.29 is 23.1 Å². The summed E-state index contributed by atoms with van der Waals surface area (Å²) < 4.78 is 33.4. The van der Waals surface area contributed by atoms with Crippen molar-refractivity contribution >= 4 is 28.3 Å². The van der Waals surface area contributed by atoms with Crippen LogP contribution in [0.1, 0.15) is 45.6 Å². The van der Waals surface area contributed by atoms with Gasteiger partial charge in [0.15, 0.2) is 0 Å². The van der Waals surface area contributed by atoms with Crippen molar-refractivity contribution in [3.63, 3.8) is 0 Å². The molecule has 4 atom stereocenters. The van der Waals surface area contributed by atoms with Gasteiger partial charge in [0.25, 0.3) is 0 Å². The van der Waals surface area contributed by atoms with Crippen LogP contribution in [0.15, 0.2) is 59.5 Å². The lowest BCUT2D eigenvalue weighted by atomic mass is 9.97.